The minimum absolute atomic E-state index is 0.352. The summed E-state index contributed by atoms with van der Waals surface area (Å²) >= 11 is 0. The first-order valence-corrected chi connectivity index (χ1v) is 8.18. The molecule has 0 saturated heterocycles. The summed E-state index contributed by atoms with van der Waals surface area (Å²) in [6.07, 6.45) is 1.45. The van der Waals surface area contributed by atoms with Gasteiger partial charge < -0.3 is 15.8 Å². The van der Waals surface area contributed by atoms with Crippen molar-refractivity contribution in [2.75, 3.05) is 11.1 Å². The van der Waals surface area contributed by atoms with Crippen molar-refractivity contribution in [1.82, 2.24) is 9.97 Å². The molecule has 0 aliphatic heterocycles. The van der Waals surface area contributed by atoms with E-state index in [-0.39, 0.29) is 0 Å². The zero-order chi connectivity index (χ0) is 17.8. The first-order valence-electron chi connectivity index (χ1n) is 8.18. The zero-order valence-electron chi connectivity index (χ0n) is 14.7. The number of nitrogens with two attached hydrogens (primary N) is 1. The smallest absolute Gasteiger partial charge is 0.248 e. The molecule has 1 heterocycles. The minimum atomic E-state index is 0.352. The predicted molar refractivity (Wildman–Crippen MR) is 101 cm³/mol. The van der Waals surface area contributed by atoms with E-state index in [1.165, 1.54) is 17.5 Å². The monoisotopic (exact) mass is 334 g/mol. The lowest BCUT2D eigenvalue weighted by Crippen LogP contribution is -2.06. The molecule has 3 N–H and O–H groups in total. The molecule has 3 aromatic rings. The third-order valence-corrected chi connectivity index (χ3v) is 4.12. The fraction of sp³-hybridized carbons (Fsp3) is 0.200. The van der Waals surface area contributed by atoms with Crippen molar-refractivity contribution in [1.29, 1.82) is 0 Å². The van der Waals surface area contributed by atoms with Crippen molar-refractivity contribution in [3.63, 3.8) is 0 Å². The van der Waals surface area contributed by atoms with Crippen LogP contribution in [0.1, 0.15) is 22.3 Å². The molecule has 0 bridgehead atoms. The molecule has 3 rings (SSSR count). The Morgan fingerprint density at radius 2 is 1.72 bits per heavy atom. The number of ether oxygens (including phenoxy) is 1. The van der Waals surface area contributed by atoms with Crippen LogP contribution in [0.15, 0.2) is 48.8 Å². The molecule has 0 radical (unpaired) electrons. The van der Waals surface area contributed by atoms with Crippen LogP contribution in [0.2, 0.25) is 0 Å². The summed E-state index contributed by atoms with van der Waals surface area (Å²) in [4.78, 5) is 8.37. The number of nitrogen functional groups attached to an aromatic ring is 1. The molecule has 1 aromatic heterocycles. The Kier molecular flexibility index (Phi) is 4.84. The van der Waals surface area contributed by atoms with Crippen molar-refractivity contribution >= 4 is 11.5 Å². The molecule has 2 aromatic carbocycles. The van der Waals surface area contributed by atoms with Crippen LogP contribution in [0.3, 0.4) is 0 Å². The highest BCUT2D eigenvalue weighted by molar-refractivity contribution is 5.67. The van der Waals surface area contributed by atoms with E-state index in [2.05, 4.69) is 53.4 Å². The van der Waals surface area contributed by atoms with E-state index in [9.17, 15) is 0 Å². The third-order valence-electron chi connectivity index (χ3n) is 4.12. The van der Waals surface area contributed by atoms with Gasteiger partial charge in [0.25, 0.3) is 0 Å². The molecular weight excluding hydrogens is 312 g/mol. The van der Waals surface area contributed by atoms with Crippen molar-refractivity contribution in [3.8, 4) is 11.6 Å². The number of anilines is 2. The van der Waals surface area contributed by atoms with Crippen molar-refractivity contribution in [2.45, 2.75) is 27.3 Å². The first kappa shape index (κ1) is 16.8. The largest absolute Gasteiger partial charge is 0.437 e. The van der Waals surface area contributed by atoms with Gasteiger partial charge >= 0.3 is 0 Å². The van der Waals surface area contributed by atoms with Crippen molar-refractivity contribution < 1.29 is 4.74 Å². The average molecular weight is 334 g/mol. The van der Waals surface area contributed by atoms with E-state index in [0.29, 0.717) is 29.7 Å². The van der Waals surface area contributed by atoms with Crippen LogP contribution in [0.5, 0.6) is 11.6 Å². The lowest BCUT2D eigenvalue weighted by molar-refractivity contribution is 0.464. The number of hydrogen-bond acceptors (Lipinski definition) is 5. The van der Waals surface area contributed by atoms with Crippen LogP contribution in [-0.4, -0.2) is 9.97 Å². The molecule has 0 unspecified atom stereocenters. The van der Waals surface area contributed by atoms with E-state index in [4.69, 9.17) is 10.5 Å². The van der Waals surface area contributed by atoms with E-state index < -0.39 is 0 Å². The Labute approximate surface area is 147 Å². The summed E-state index contributed by atoms with van der Waals surface area (Å²) < 4.78 is 5.84. The predicted octanol–water partition coefficient (Wildman–Crippen LogP) is 4.39. The Morgan fingerprint density at radius 3 is 2.44 bits per heavy atom. The molecule has 0 fully saturated rings. The highest BCUT2D eigenvalue weighted by atomic mass is 16.5. The quantitative estimate of drug-likeness (QED) is 0.724. The van der Waals surface area contributed by atoms with E-state index in [1.54, 1.807) is 0 Å². The second-order valence-corrected chi connectivity index (χ2v) is 6.13. The highest BCUT2D eigenvalue weighted by Gasteiger charge is 2.10. The van der Waals surface area contributed by atoms with Crippen LogP contribution in [0.4, 0.5) is 11.5 Å². The number of aryl methyl sites for hydroxylation is 3. The lowest BCUT2D eigenvalue weighted by Gasteiger charge is -2.12. The van der Waals surface area contributed by atoms with Crippen LogP contribution in [-0.2, 0) is 6.54 Å². The SMILES string of the molecule is Cc1ccc(CNc2ncnc(Oc3ccc(C)c(C)c3)c2N)cc1. The fourth-order valence-corrected chi connectivity index (χ4v) is 2.38. The lowest BCUT2D eigenvalue weighted by atomic mass is 10.1. The van der Waals surface area contributed by atoms with E-state index >= 15 is 0 Å². The number of aromatic nitrogens is 2. The van der Waals surface area contributed by atoms with Crippen molar-refractivity contribution in [3.05, 3.63) is 71.0 Å². The first-order chi connectivity index (χ1) is 12.0. The number of rotatable bonds is 5. The molecule has 5 nitrogen and oxygen atoms in total. The van der Waals surface area contributed by atoms with Crippen molar-refractivity contribution in [2.24, 2.45) is 0 Å². The molecule has 5 heteroatoms. The van der Waals surface area contributed by atoms with Gasteiger partial charge in [0.2, 0.25) is 5.88 Å². The molecule has 0 amide bonds. The van der Waals surface area contributed by atoms with Crippen LogP contribution in [0, 0.1) is 20.8 Å². The maximum absolute atomic E-state index is 6.17. The summed E-state index contributed by atoms with van der Waals surface area (Å²) in [6, 6.07) is 14.2. The Bertz CT molecular complexity index is 875. The molecule has 0 aliphatic carbocycles. The Hall–Kier alpha value is -3.08. The molecule has 0 saturated carbocycles. The molecule has 0 atom stereocenters. The van der Waals surface area contributed by atoms with Gasteiger partial charge in [-0.25, -0.2) is 4.98 Å². The van der Waals surface area contributed by atoms with Gasteiger partial charge in [0, 0.05) is 6.54 Å². The summed E-state index contributed by atoms with van der Waals surface area (Å²) in [6.45, 7) is 6.80. The van der Waals surface area contributed by atoms with Gasteiger partial charge in [0.15, 0.2) is 5.82 Å². The zero-order valence-corrected chi connectivity index (χ0v) is 14.7. The summed E-state index contributed by atoms with van der Waals surface area (Å²) in [5.74, 6) is 1.62. The highest BCUT2D eigenvalue weighted by Crippen LogP contribution is 2.30. The second kappa shape index (κ2) is 7.21. The van der Waals surface area contributed by atoms with Gasteiger partial charge in [-0.1, -0.05) is 35.9 Å². The number of nitrogens with zero attached hydrogens (tertiary/aromatic N) is 2. The van der Waals surface area contributed by atoms with Crippen LogP contribution in [0.25, 0.3) is 0 Å². The van der Waals surface area contributed by atoms with Gasteiger partial charge in [0.1, 0.15) is 17.8 Å². The van der Waals surface area contributed by atoms with Crippen LogP contribution < -0.4 is 15.8 Å². The summed E-state index contributed by atoms with van der Waals surface area (Å²) in [5, 5.41) is 3.24. The maximum atomic E-state index is 6.17. The average Bonchev–Trinajstić information content (AvgIpc) is 2.60. The summed E-state index contributed by atoms with van der Waals surface area (Å²) in [7, 11) is 0. The van der Waals surface area contributed by atoms with Gasteiger partial charge in [-0.15, -0.1) is 0 Å². The Morgan fingerprint density at radius 1 is 0.960 bits per heavy atom. The van der Waals surface area contributed by atoms with Gasteiger partial charge in [0.05, 0.1) is 0 Å². The molecule has 25 heavy (non-hydrogen) atoms. The number of nitrogens with one attached hydrogen (secondary N) is 1. The minimum Gasteiger partial charge on any atom is -0.437 e. The van der Waals surface area contributed by atoms with Gasteiger partial charge in [-0.2, -0.15) is 4.98 Å². The van der Waals surface area contributed by atoms with E-state index in [1.807, 2.05) is 25.1 Å². The summed E-state index contributed by atoms with van der Waals surface area (Å²) in [5.41, 5.74) is 11.3. The topological polar surface area (TPSA) is 73.1 Å². The fourth-order valence-electron chi connectivity index (χ4n) is 2.38. The van der Waals surface area contributed by atoms with Gasteiger partial charge in [-0.3, -0.25) is 0 Å². The van der Waals surface area contributed by atoms with Gasteiger partial charge in [-0.05, 0) is 49.6 Å². The molecular formula is C20H22N4O. The normalized spacial score (nSPS) is 10.5. The number of benzene rings is 2. The molecule has 128 valence electrons. The standard InChI is InChI=1S/C20H22N4O/c1-13-4-7-16(8-5-13)11-22-19-18(21)20(24-12-23-19)25-17-9-6-14(2)15(3)10-17/h4-10,12H,11,21H2,1-3H3,(H,22,23,24). The number of hydrogen-bond donors (Lipinski definition) is 2. The molecule has 0 spiro atoms. The maximum Gasteiger partial charge on any atom is 0.248 e. The van der Waals surface area contributed by atoms with E-state index in [0.717, 1.165) is 11.1 Å². The Balaban J connectivity index is 1.75. The third kappa shape index (κ3) is 4.07. The second-order valence-electron chi connectivity index (χ2n) is 6.13. The van der Waals surface area contributed by atoms with Crippen LogP contribution >= 0.6 is 0 Å². The molecule has 0 aliphatic rings.